The summed E-state index contributed by atoms with van der Waals surface area (Å²) in [6.45, 7) is 2.20. The number of hydrogen-bond acceptors (Lipinski definition) is 6. The largest absolute Gasteiger partial charge is 0.433 e. The van der Waals surface area contributed by atoms with Crippen LogP contribution in [0, 0.1) is 12.8 Å². The number of rotatable bonds is 4. The summed E-state index contributed by atoms with van der Waals surface area (Å²) in [5.74, 6) is 1.18. The summed E-state index contributed by atoms with van der Waals surface area (Å²) >= 11 is 1.64. The van der Waals surface area contributed by atoms with Gasteiger partial charge in [-0.3, -0.25) is 9.78 Å². The number of nitrogens with zero attached hydrogens (tertiary/aromatic N) is 3. The number of alkyl halides is 3. The fourth-order valence-corrected chi connectivity index (χ4v) is 4.31. The number of nitrogens with one attached hydrogen (secondary N) is 2. The van der Waals surface area contributed by atoms with Crippen LogP contribution in [-0.4, -0.2) is 28.0 Å². The van der Waals surface area contributed by atoms with Crippen molar-refractivity contribution in [3.05, 3.63) is 58.4 Å². The zero-order valence-electron chi connectivity index (χ0n) is 16.6. The van der Waals surface area contributed by atoms with Crippen LogP contribution in [0.2, 0.25) is 0 Å². The number of fused-ring (bicyclic) bond motifs is 1. The lowest BCUT2D eigenvalue weighted by atomic mass is 9.91. The van der Waals surface area contributed by atoms with Crippen LogP contribution in [0.3, 0.4) is 0 Å². The van der Waals surface area contributed by atoms with Crippen LogP contribution in [0.5, 0.6) is 0 Å². The molecule has 0 saturated heterocycles. The second-order valence-corrected chi connectivity index (χ2v) is 8.43. The Kier molecular flexibility index (Phi) is 5.90. The van der Waals surface area contributed by atoms with Gasteiger partial charge in [0.2, 0.25) is 6.41 Å². The number of pyridine rings is 1. The summed E-state index contributed by atoms with van der Waals surface area (Å²) in [6, 6.07) is 2.34. The second-order valence-electron chi connectivity index (χ2n) is 7.46. The van der Waals surface area contributed by atoms with Crippen molar-refractivity contribution in [3.63, 3.8) is 0 Å². The highest BCUT2D eigenvalue weighted by Crippen LogP contribution is 2.46. The summed E-state index contributed by atoms with van der Waals surface area (Å²) in [5.41, 5.74) is 6.16. The van der Waals surface area contributed by atoms with Gasteiger partial charge in [-0.25, -0.2) is 0 Å². The fraction of sp³-hybridized carbons (Fsp3) is 0.333. The van der Waals surface area contributed by atoms with E-state index in [9.17, 15) is 18.0 Å². The van der Waals surface area contributed by atoms with Crippen molar-refractivity contribution in [2.45, 2.75) is 37.9 Å². The van der Waals surface area contributed by atoms with Gasteiger partial charge in [0.05, 0.1) is 11.7 Å². The van der Waals surface area contributed by atoms with Gasteiger partial charge in [0.15, 0.2) is 0 Å². The third kappa shape index (κ3) is 4.84. The number of carbonyl (C=O) groups excluding carboxylic acids is 1. The molecule has 2 aliphatic carbocycles. The number of hydrogen-bond donors (Lipinski definition) is 2. The van der Waals surface area contributed by atoms with E-state index >= 15 is 0 Å². The van der Waals surface area contributed by atoms with Gasteiger partial charge in [-0.1, -0.05) is 18.2 Å². The topological polar surface area (TPSA) is 79.3 Å². The summed E-state index contributed by atoms with van der Waals surface area (Å²) < 4.78 is 40.8. The Morgan fingerprint density at radius 1 is 1.32 bits per heavy atom. The van der Waals surface area contributed by atoms with Gasteiger partial charge in [-0.05, 0) is 60.5 Å². The van der Waals surface area contributed by atoms with Gasteiger partial charge in [0.25, 0.3) is 0 Å². The Bertz CT molecular complexity index is 1060. The molecule has 2 N–H and O–H groups in total. The van der Waals surface area contributed by atoms with Crippen molar-refractivity contribution >= 4 is 35.4 Å². The molecule has 5 rings (SSSR count). The Labute approximate surface area is 181 Å². The van der Waals surface area contributed by atoms with Gasteiger partial charge in [-0.2, -0.15) is 22.6 Å². The van der Waals surface area contributed by atoms with Crippen molar-refractivity contribution in [2.24, 2.45) is 11.0 Å². The highest BCUT2D eigenvalue weighted by atomic mass is 32.1. The number of aromatic nitrogens is 2. The third-order valence-corrected chi connectivity index (χ3v) is 5.95. The van der Waals surface area contributed by atoms with E-state index in [1.807, 2.05) is 6.21 Å². The average molecular weight is 447 g/mol. The SMILES string of the molecule is Cc1snc(C2=CC3NN=CC3C=C2)c1C1CC1.O=CNc1ccnc(C(F)(F)F)c1. The lowest BCUT2D eigenvalue weighted by Crippen LogP contribution is -2.25. The fourth-order valence-electron chi connectivity index (χ4n) is 3.52. The number of allylic oxidation sites excluding steroid dienone is 2. The molecule has 2 unspecified atom stereocenters. The molecule has 162 valence electrons. The normalized spacial score (nSPS) is 21.5. The number of amides is 1. The first-order valence-corrected chi connectivity index (χ1v) is 10.5. The van der Waals surface area contributed by atoms with E-state index in [1.165, 1.54) is 40.6 Å². The first kappa shape index (κ1) is 21.2. The molecule has 31 heavy (non-hydrogen) atoms. The molecule has 1 saturated carbocycles. The summed E-state index contributed by atoms with van der Waals surface area (Å²) in [7, 11) is 0. The van der Waals surface area contributed by atoms with Crippen LogP contribution < -0.4 is 10.7 Å². The lowest BCUT2D eigenvalue weighted by molar-refractivity contribution is -0.141. The molecular formula is C21H20F3N5OS. The summed E-state index contributed by atoms with van der Waals surface area (Å²) in [4.78, 5) is 14.4. The molecule has 6 nitrogen and oxygen atoms in total. The zero-order chi connectivity index (χ0) is 22.0. The van der Waals surface area contributed by atoms with E-state index < -0.39 is 11.9 Å². The molecule has 0 radical (unpaired) electrons. The zero-order valence-corrected chi connectivity index (χ0v) is 17.4. The predicted octanol–water partition coefficient (Wildman–Crippen LogP) is 4.52. The second kappa shape index (κ2) is 8.62. The summed E-state index contributed by atoms with van der Waals surface area (Å²) in [5, 5.41) is 6.24. The molecule has 0 spiro atoms. The maximum absolute atomic E-state index is 12.0. The van der Waals surface area contributed by atoms with E-state index in [4.69, 9.17) is 0 Å². The van der Waals surface area contributed by atoms with Crippen LogP contribution in [0.4, 0.5) is 18.9 Å². The van der Waals surface area contributed by atoms with Gasteiger partial charge in [0.1, 0.15) is 5.69 Å². The molecule has 0 aromatic carbocycles. The van der Waals surface area contributed by atoms with Crippen LogP contribution >= 0.6 is 11.5 Å². The van der Waals surface area contributed by atoms with E-state index in [-0.39, 0.29) is 5.69 Å². The average Bonchev–Trinajstić information content (AvgIpc) is 3.33. The molecule has 3 aliphatic rings. The number of carbonyl (C=O) groups is 1. The van der Waals surface area contributed by atoms with Crippen LogP contribution in [0.25, 0.3) is 5.57 Å². The molecule has 10 heteroatoms. The number of anilines is 1. The standard InChI is InChI=1S/C14H15N3S.C7H5F3N2O/c1-8-13(9-2-3-9)14(17-18-8)10-4-5-11-7-15-16-12(11)6-10;8-7(9,10)6-3-5(12-4-13)1-2-11-6/h4-7,9,11-12,16H,2-3H2,1H3;1-4H,(H,11,12,13). The molecule has 1 aliphatic heterocycles. The smallest absolute Gasteiger partial charge is 0.329 e. The highest BCUT2D eigenvalue weighted by molar-refractivity contribution is 7.06. The monoisotopic (exact) mass is 447 g/mol. The first-order chi connectivity index (χ1) is 14.9. The Morgan fingerprint density at radius 3 is 2.84 bits per heavy atom. The van der Waals surface area contributed by atoms with Crippen LogP contribution in [0.1, 0.15) is 40.6 Å². The quantitative estimate of drug-likeness (QED) is 0.676. The van der Waals surface area contributed by atoms with Crippen LogP contribution in [0.15, 0.2) is 41.7 Å². The lowest BCUT2D eigenvalue weighted by Gasteiger charge is -2.17. The van der Waals surface area contributed by atoms with Crippen molar-refractivity contribution in [1.29, 1.82) is 0 Å². The minimum atomic E-state index is -4.49. The minimum Gasteiger partial charge on any atom is -0.329 e. The number of hydrazone groups is 1. The molecule has 2 aromatic heterocycles. The van der Waals surface area contributed by atoms with Crippen molar-refractivity contribution in [2.75, 3.05) is 5.32 Å². The van der Waals surface area contributed by atoms with E-state index in [2.05, 4.69) is 50.4 Å². The first-order valence-electron chi connectivity index (χ1n) is 9.75. The van der Waals surface area contributed by atoms with Gasteiger partial charge in [0, 0.05) is 28.9 Å². The van der Waals surface area contributed by atoms with E-state index in [0.717, 1.165) is 18.2 Å². The predicted molar refractivity (Wildman–Crippen MR) is 114 cm³/mol. The Morgan fingerprint density at radius 2 is 2.13 bits per heavy atom. The van der Waals surface area contributed by atoms with Crippen LogP contribution in [-0.2, 0) is 11.0 Å². The molecule has 1 fully saturated rings. The molecule has 3 heterocycles. The molecule has 2 atom stereocenters. The van der Waals surface area contributed by atoms with Gasteiger partial charge < -0.3 is 10.7 Å². The molecular weight excluding hydrogens is 427 g/mol. The van der Waals surface area contributed by atoms with Crippen molar-refractivity contribution < 1.29 is 18.0 Å². The molecule has 2 aromatic rings. The van der Waals surface area contributed by atoms with Crippen molar-refractivity contribution in [3.8, 4) is 0 Å². The maximum Gasteiger partial charge on any atom is 0.433 e. The van der Waals surface area contributed by atoms with E-state index in [0.29, 0.717) is 18.4 Å². The Hall–Kier alpha value is -3.01. The van der Waals surface area contributed by atoms with Crippen molar-refractivity contribution in [1.82, 2.24) is 14.8 Å². The molecule has 1 amide bonds. The number of aryl methyl sites for hydroxylation is 1. The highest BCUT2D eigenvalue weighted by Gasteiger charge is 2.33. The minimum absolute atomic E-state index is 0.0670. The third-order valence-electron chi connectivity index (χ3n) is 5.19. The Balaban J connectivity index is 0.000000159. The van der Waals surface area contributed by atoms with Gasteiger partial charge >= 0.3 is 6.18 Å². The van der Waals surface area contributed by atoms with Gasteiger partial charge in [-0.15, -0.1) is 0 Å². The van der Waals surface area contributed by atoms with E-state index in [1.54, 1.807) is 11.5 Å². The maximum atomic E-state index is 12.0. The summed E-state index contributed by atoms with van der Waals surface area (Å²) in [6.07, 6.45) is 8.15. The number of halogens is 3. The molecule has 0 bridgehead atoms.